The van der Waals surface area contributed by atoms with E-state index < -0.39 is 0 Å². The lowest BCUT2D eigenvalue weighted by Gasteiger charge is -2.20. The number of nitrogens with zero attached hydrogens (tertiary/aromatic N) is 1. The van der Waals surface area contributed by atoms with Gasteiger partial charge in [-0.3, -0.25) is 14.4 Å². The maximum atomic E-state index is 12.1. The lowest BCUT2D eigenvalue weighted by Crippen LogP contribution is -2.45. The third-order valence-electron chi connectivity index (χ3n) is 3.33. The molecule has 0 aromatic heterocycles. The molecular weight excluding hydrogens is 294 g/mol. The highest BCUT2D eigenvalue weighted by molar-refractivity contribution is 5.97. The summed E-state index contributed by atoms with van der Waals surface area (Å²) in [5, 5.41) is 5.26. The van der Waals surface area contributed by atoms with Gasteiger partial charge in [0.1, 0.15) is 0 Å². The molecule has 0 aliphatic heterocycles. The minimum absolute atomic E-state index is 0.00258. The summed E-state index contributed by atoms with van der Waals surface area (Å²) in [5.41, 5.74) is 2.52. The summed E-state index contributed by atoms with van der Waals surface area (Å²) in [4.78, 5) is 37.2. The molecule has 0 radical (unpaired) electrons. The van der Waals surface area contributed by atoms with Crippen LogP contribution in [0.2, 0.25) is 0 Å². The van der Waals surface area contributed by atoms with Crippen LogP contribution >= 0.6 is 0 Å². The zero-order valence-electron chi connectivity index (χ0n) is 14.2. The standard InChI is InChI=1S/C17H25N3O3/c1-5-18-15(21)11-20(6-2)16(22)10-19-17(23)14-8-12(3)7-13(4)9-14/h7-9H,5-6,10-11H2,1-4H3,(H,18,21)(H,19,23). The van der Waals surface area contributed by atoms with E-state index in [4.69, 9.17) is 0 Å². The predicted octanol–water partition coefficient (Wildman–Crippen LogP) is 1.02. The van der Waals surface area contributed by atoms with Crippen LogP contribution in [0.5, 0.6) is 0 Å². The molecule has 0 aliphatic carbocycles. The Morgan fingerprint density at radius 2 is 1.61 bits per heavy atom. The highest BCUT2D eigenvalue weighted by Crippen LogP contribution is 2.08. The first-order valence-corrected chi connectivity index (χ1v) is 7.78. The summed E-state index contributed by atoms with van der Waals surface area (Å²) >= 11 is 0. The second-order valence-electron chi connectivity index (χ2n) is 5.42. The lowest BCUT2D eigenvalue weighted by atomic mass is 10.1. The molecule has 0 bridgehead atoms. The van der Waals surface area contributed by atoms with E-state index in [9.17, 15) is 14.4 Å². The van der Waals surface area contributed by atoms with Gasteiger partial charge in [0, 0.05) is 18.7 Å². The van der Waals surface area contributed by atoms with Crippen molar-refractivity contribution in [3.05, 3.63) is 34.9 Å². The summed E-state index contributed by atoms with van der Waals surface area (Å²) < 4.78 is 0. The predicted molar refractivity (Wildman–Crippen MR) is 89.2 cm³/mol. The number of carbonyl (C=O) groups excluding carboxylic acids is 3. The van der Waals surface area contributed by atoms with Gasteiger partial charge in [0.25, 0.3) is 5.91 Å². The van der Waals surface area contributed by atoms with Crippen LogP contribution in [0.25, 0.3) is 0 Å². The summed E-state index contributed by atoms with van der Waals surface area (Å²) in [7, 11) is 0. The molecule has 0 saturated heterocycles. The first-order chi connectivity index (χ1) is 10.9. The molecule has 3 amide bonds. The summed E-state index contributed by atoms with van der Waals surface area (Å²) in [6.07, 6.45) is 0. The van der Waals surface area contributed by atoms with E-state index in [1.54, 1.807) is 19.1 Å². The van der Waals surface area contributed by atoms with Crippen LogP contribution < -0.4 is 10.6 Å². The molecule has 1 aromatic rings. The number of hydrogen-bond acceptors (Lipinski definition) is 3. The molecule has 1 rings (SSSR count). The minimum Gasteiger partial charge on any atom is -0.355 e. The fourth-order valence-electron chi connectivity index (χ4n) is 2.28. The summed E-state index contributed by atoms with van der Waals surface area (Å²) in [6.45, 7) is 8.26. The molecule has 0 aliphatic rings. The Bertz CT molecular complexity index is 564. The maximum absolute atomic E-state index is 12.1. The van der Waals surface area contributed by atoms with Gasteiger partial charge in [0.05, 0.1) is 13.1 Å². The first kappa shape index (κ1) is 18.7. The number of benzene rings is 1. The van der Waals surface area contributed by atoms with Crippen LogP contribution in [0, 0.1) is 13.8 Å². The number of carbonyl (C=O) groups is 3. The van der Waals surface area contributed by atoms with Crippen molar-refractivity contribution >= 4 is 17.7 Å². The van der Waals surface area contributed by atoms with Crippen molar-refractivity contribution < 1.29 is 14.4 Å². The van der Waals surface area contributed by atoms with E-state index in [0.29, 0.717) is 18.7 Å². The second kappa shape index (κ2) is 8.92. The Balaban J connectivity index is 2.59. The summed E-state index contributed by atoms with van der Waals surface area (Å²) in [6, 6.07) is 5.53. The molecule has 6 nitrogen and oxygen atoms in total. The number of nitrogens with one attached hydrogen (secondary N) is 2. The smallest absolute Gasteiger partial charge is 0.251 e. The number of hydrogen-bond donors (Lipinski definition) is 2. The Hall–Kier alpha value is -2.37. The third-order valence-corrected chi connectivity index (χ3v) is 3.33. The average molecular weight is 319 g/mol. The molecule has 0 fully saturated rings. The van der Waals surface area contributed by atoms with Gasteiger partial charge in [-0.25, -0.2) is 0 Å². The van der Waals surface area contributed by atoms with Gasteiger partial charge < -0.3 is 15.5 Å². The van der Waals surface area contributed by atoms with E-state index in [1.807, 2.05) is 26.8 Å². The van der Waals surface area contributed by atoms with E-state index >= 15 is 0 Å². The van der Waals surface area contributed by atoms with Crippen molar-refractivity contribution in [3.63, 3.8) is 0 Å². The molecule has 2 N–H and O–H groups in total. The van der Waals surface area contributed by atoms with Crippen LogP contribution in [0.3, 0.4) is 0 Å². The second-order valence-corrected chi connectivity index (χ2v) is 5.42. The molecule has 0 spiro atoms. The Morgan fingerprint density at radius 3 is 2.13 bits per heavy atom. The van der Waals surface area contributed by atoms with Gasteiger partial charge in [-0.1, -0.05) is 17.2 Å². The van der Waals surface area contributed by atoms with Crippen molar-refractivity contribution in [1.82, 2.24) is 15.5 Å². The number of likely N-dealkylation sites (N-methyl/N-ethyl adjacent to an activating group) is 2. The molecule has 126 valence electrons. The van der Waals surface area contributed by atoms with Gasteiger partial charge in [0.2, 0.25) is 11.8 Å². The maximum Gasteiger partial charge on any atom is 0.251 e. The van der Waals surface area contributed by atoms with Gasteiger partial charge in [-0.15, -0.1) is 0 Å². The molecule has 0 heterocycles. The molecule has 1 aromatic carbocycles. The van der Waals surface area contributed by atoms with Crippen molar-refractivity contribution in [3.8, 4) is 0 Å². The third kappa shape index (κ3) is 6.10. The molecular formula is C17H25N3O3. The van der Waals surface area contributed by atoms with Crippen molar-refractivity contribution in [2.24, 2.45) is 0 Å². The van der Waals surface area contributed by atoms with Gasteiger partial charge >= 0.3 is 0 Å². The topological polar surface area (TPSA) is 78.5 Å². The molecule has 0 saturated carbocycles. The monoisotopic (exact) mass is 319 g/mol. The molecule has 0 unspecified atom stereocenters. The number of rotatable bonds is 7. The van der Waals surface area contributed by atoms with E-state index in [-0.39, 0.29) is 30.8 Å². The van der Waals surface area contributed by atoms with Crippen LogP contribution in [-0.4, -0.2) is 48.8 Å². The number of aryl methyl sites for hydroxylation is 2. The van der Waals surface area contributed by atoms with Crippen LogP contribution in [0.1, 0.15) is 35.3 Å². The van der Waals surface area contributed by atoms with Crippen molar-refractivity contribution in [1.29, 1.82) is 0 Å². The zero-order chi connectivity index (χ0) is 17.4. The van der Waals surface area contributed by atoms with Gasteiger partial charge in [-0.2, -0.15) is 0 Å². The van der Waals surface area contributed by atoms with Crippen LogP contribution in [0.15, 0.2) is 18.2 Å². The normalized spacial score (nSPS) is 10.1. The Kier molecular flexibility index (Phi) is 7.25. The number of amides is 3. The quantitative estimate of drug-likeness (QED) is 0.787. The Labute approximate surface area is 137 Å². The molecule has 0 atom stereocenters. The van der Waals surface area contributed by atoms with Gasteiger partial charge in [0.15, 0.2) is 0 Å². The van der Waals surface area contributed by atoms with E-state index in [0.717, 1.165) is 11.1 Å². The van der Waals surface area contributed by atoms with E-state index in [2.05, 4.69) is 10.6 Å². The summed E-state index contributed by atoms with van der Waals surface area (Å²) in [5.74, 6) is -0.779. The fraction of sp³-hybridized carbons (Fsp3) is 0.471. The minimum atomic E-state index is -0.292. The largest absolute Gasteiger partial charge is 0.355 e. The van der Waals surface area contributed by atoms with Crippen LogP contribution in [-0.2, 0) is 9.59 Å². The first-order valence-electron chi connectivity index (χ1n) is 7.78. The highest BCUT2D eigenvalue weighted by atomic mass is 16.2. The van der Waals surface area contributed by atoms with Crippen molar-refractivity contribution in [2.75, 3.05) is 26.2 Å². The SMILES string of the molecule is CCNC(=O)CN(CC)C(=O)CNC(=O)c1cc(C)cc(C)c1. The van der Waals surface area contributed by atoms with Crippen LogP contribution in [0.4, 0.5) is 0 Å². The Morgan fingerprint density at radius 1 is 1.00 bits per heavy atom. The molecule has 23 heavy (non-hydrogen) atoms. The van der Waals surface area contributed by atoms with Gasteiger partial charge in [-0.05, 0) is 39.8 Å². The van der Waals surface area contributed by atoms with E-state index in [1.165, 1.54) is 4.90 Å². The average Bonchev–Trinajstić information content (AvgIpc) is 2.49. The lowest BCUT2D eigenvalue weighted by molar-refractivity contribution is -0.135. The zero-order valence-corrected chi connectivity index (χ0v) is 14.2. The van der Waals surface area contributed by atoms with Crippen molar-refractivity contribution in [2.45, 2.75) is 27.7 Å². The molecule has 6 heteroatoms. The fourth-order valence-corrected chi connectivity index (χ4v) is 2.28. The highest BCUT2D eigenvalue weighted by Gasteiger charge is 2.16.